The number of likely N-dealkylation sites (tertiary alicyclic amines) is 1. The first kappa shape index (κ1) is 10.1. The van der Waals surface area contributed by atoms with Gasteiger partial charge in [0.1, 0.15) is 5.82 Å². The van der Waals surface area contributed by atoms with Crippen molar-refractivity contribution in [3.8, 4) is 0 Å². The number of aryl methyl sites for hydroxylation is 1. The van der Waals surface area contributed by atoms with Crippen LogP contribution in [-0.4, -0.2) is 23.9 Å². The minimum absolute atomic E-state index is 0.0496. The SMILES string of the molecule is Cc1ccc(C(=O)N2CCCC2)cc1F. The average molecular weight is 207 g/mol. The lowest BCUT2D eigenvalue weighted by molar-refractivity contribution is 0.0792. The van der Waals surface area contributed by atoms with Crippen molar-refractivity contribution in [2.24, 2.45) is 0 Å². The van der Waals surface area contributed by atoms with Gasteiger partial charge < -0.3 is 4.90 Å². The van der Waals surface area contributed by atoms with Crippen LogP contribution in [-0.2, 0) is 0 Å². The zero-order valence-corrected chi connectivity index (χ0v) is 8.79. The summed E-state index contributed by atoms with van der Waals surface area (Å²) in [5, 5.41) is 0. The summed E-state index contributed by atoms with van der Waals surface area (Å²) in [7, 11) is 0. The largest absolute Gasteiger partial charge is 0.339 e. The summed E-state index contributed by atoms with van der Waals surface area (Å²) in [5.74, 6) is -0.355. The second-order valence-corrected chi connectivity index (χ2v) is 3.96. The number of amides is 1. The number of carbonyl (C=O) groups is 1. The molecule has 0 aliphatic carbocycles. The molecule has 1 aromatic carbocycles. The van der Waals surface area contributed by atoms with Gasteiger partial charge >= 0.3 is 0 Å². The predicted molar refractivity (Wildman–Crippen MR) is 56.3 cm³/mol. The second kappa shape index (κ2) is 4.01. The van der Waals surface area contributed by atoms with Crippen LogP contribution in [0.1, 0.15) is 28.8 Å². The molecule has 1 heterocycles. The van der Waals surface area contributed by atoms with Gasteiger partial charge in [0.25, 0.3) is 5.91 Å². The molecule has 80 valence electrons. The molecular weight excluding hydrogens is 193 g/mol. The van der Waals surface area contributed by atoms with E-state index in [0.717, 1.165) is 25.9 Å². The van der Waals surface area contributed by atoms with E-state index < -0.39 is 0 Å². The molecule has 0 spiro atoms. The van der Waals surface area contributed by atoms with E-state index in [0.29, 0.717) is 11.1 Å². The van der Waals surface area contributed by atoms with Gasteiger partial charge in [-0.1, -0.05) is 6.07 Å². The highest BCUT2D eigenvalue weighted by molar-refractivity contribution is 5.94. The lowest BCUT2D eigenvalue weighted by atomic mass is 10.1. The van der Waals surface area contributed by atoms with E-state index in [9.17, 15) is 9.18 Å². The lowest BCUT2D eigenvalue weighted by Gasteiger charge is -2.15. The Hall–Kier alpha value is -1.38. The molecule has 0 saturated carbocycles. The van der Waals surface area contributed by atoms with E-state index in [-0.39, 0.29) is 11.7 Å². The first-order valence-electron chi connectivity index (χ1n) is 5.24. The second-order valence-electron chi connectivity index (χ2n) is 3.96. The summed E-state index contributed by atoms with van der Waals surface area (Å²) < 4.78 is 13.3. The number of rotatable bonds is 1. The van der Waals surface area contributed by atoms with Crippen molar-refractivity contribution in [1.82, 2.24) is 4.90 Å². The van der Waals surface area contributed by atoms with Gasteiger partial charge in [-0.2, -0.15) is 0 Å². The Kier molecular flexibility index (Phi) is 2.71. The van der Waals surface area contributed by atoms with Crippen molar-refractivity contribution >= 4 is 5.91 Å². The van der Waals surface area contributed by atoms with Crippen molar-refractivity contribution < 1.29 is 9.18 Å². The fourth-order valence-electron chi connectivity index (χ4n) is 1.83. The molecule has 1 fully saturated rings. The maximum Gasteiger partial charge on any atom is 0.253 e. The summed E-state index contributed by atoms with van der Waals surface area (Å²) in [6.45, 7) is 3.29. The normalized spacial score (nSPS) is 15.7. The van der Waals surface area contributed by atoms with Crippen LogP contribution in [0.25, 0.3) is 0 Å². The number of nitrogens with zero attached hydrogens (tertiary/aromatic N) is 1. The number of hydrogen-bond acceptors (Lipinski definition) is 1. The summed E-state index contributed by atoms with van der Waals surface area (Å²) in [4.78, 5) is 13.7. The molecule has 2 rings (SSSR count). The third-order valence-corrected chi connectivity index (χ3v) is 2.81. The molecule has 0 aromatic heterocycles. The third-order valence-electron chi connectivity index (χ3n) is 2.81. The van der Waals surface area contributed by atoms with Gasteiger partial charge in [0.2, 0.25) is 0 Å². The third kappa shape index (κ3) is 2.01. The predicted octanol–water partition coefficient (Wildman–Crippen LogP) is 2.37. The molecule has 1 aromatic rings. The van der Waals surface area contributed by atoms with E-state index >= 15 is 0 Å². The number of hydrogen-bond donors (Lipinski definition) is 0. The smallest absolute Gasteiger partial charge is 0.253 e. The Morgan fingerprint density at radius 2 is 2.00 bits per heavy atom. The van der Waals surface area contributed by atoms with Crippen molar-refractivity contribution in [2.45, 2.75) is 19.8 Å². The average Bonchev–Trinajstić information content (AvgIpc) is 2.74. The van der Waals surface area contributed by atoms with E-state index in [1.165, 1.54) is 6.07 Å². The van der Waals surface area contributed by atoms with Gasteiger partial charge in [-0.3, -0.25) is 4.79 Å². The minimum atomic E-state index is -0.306. The number of carbonyl (C=O) groups excluding carboxylic acids is 1. The van der Waals surface area contributed by atoms with Gasteiger partial charge in [0, 0.05) is 18.7 Å². The Morgan fingerprint density at radius 1 is 1.33 bits per heavy atom. The molecule has 1 amide bonds. The van der Waals surface area contributed by atoms with Crippen LogP contribution in [0.3, 0.4) is 0 Å². The molecule has 2 nitrogen and oxygen atoms in total. The van der Waals surface area contributed by atoms with Crippen molar-refractivity contribution in [2.75, 3.05) is 13.1 Å². The van der Waals surface area contributed by atoms with Crippen LogP contribution in [0.4, 0.5) is 4.39 Å². The van der Waals surface area contributed by atoms with Crippen molar-refractivity contribution in [3.63, 3.8) is 0 Å². The number of benzene rings is 1. The molecule has 0 unspecified atom stereocenters. The number of halogens is 1. The van der Waals surface area contributed by atoms with E-state index in [1.807, 2.05) is 0 Å². The molecule has 0 radical (unpaired) electrons. The molecule has 1 saturated heterocycles. The van der Waals surface area contributed by atoms with E-state index in [2.05, 4.69) is 0 Å². The summed E-state index contributed by atoms with van der Waals surface area (Å²) in [5.41, 5.74) is 1.04. The highest BCUT2D eigenvalue weighted by atomic mass is 19.1. The molecule has 0 atom stereocenters. The summed E-state index contributed by atoms with van der Waals surface area (Å²) in [6.07, 6.45) is 2.11. The lowest BCUT2D eigenvalue weighted by Crippen LogP contribution is -2.27. The van der Waals surface area contributed by atoms with Crippen LogP contribution < -0.4 is 0 Å². The fourth-order valence-corrected chi connectivity index (χ4v) is 1.83. The molecule has 0 N–H and O–H groups in total. The van der Waals surface area contributed by atoms with Gasteiger partial charge in [-0.15, -0.1) is 0 Å². The minimum Gasteiger partial charge on any atom is -0.339 e. The van der Waals surface area contributed by atoms with Gasteiger partial charge in [0.05, 0.1) is 0 Å². The molecule has 15 heavy (non-hydrogen) atoms. The van der Waals surface area contributed by atoms with Crippen LogP contribution in [0.2, 0.25) is 0 Å². The maximum atomic E-state index is 13.3. The van der Waals surface area contributed by atoms with Gasteiger partial charge in [0.15, 0.2) is 0 Å². The first-order chi connectivity index (χ1) is 7.18. The monoisotopic (exact) mass is 207 g/mol. The molecule has 0 bridgehead atoms. The van der Waals surface area contributed by atoms with Crippen LogP contribution in [0.5, 0.6) is 0 Å². The summed E-state index contributed by atoms with van der Waals surface area (Å²) >= 11 is 0. The molecule has 1 aliphatic heterocycles. The fraction of sp³-hybridized carbons (Fsp3) is 0.417. The Labute approximate surface area is 88.7 Å². The first-order valence-corrected chi connectivity index (χ1v) is 5.24. The highest BCUT2D eigenvalue weighted by Crippen LogP contribution is 2.15. The highest BCUT2D eigenvalue weighted by Gasteiger charge is 2.19. The van der Waals surface area contributed by atoms with Crippen LogP contribution >= 0.6 is 0 Å². The molecule has 3 heteroatoms. The zero-order valence-electron chi connectivity index (χ0n) is 8.79. The maximum absolute atomic E-state index is 13.3. The van der Waals surface area contributed by atoms with E-state index in [1.54, 1.807) is 24.0 Å². The zero-order chi connectivity index (χ0) is 10.8. The molecular formula is C12H14FNO. The Bertz CT molecular complexity index is 383. The quantitative estimate of drug-likeness (QED) is 0.692. The van der Waals surface area contributed by atoms with Crippen LogP contribution in [0.15, 0.2) is 18.2 Å². The standard InChI is InChI=1S/C12H14FNO/c1-9-4-5-10(8-11(9)13)12(15)14-6-2-3-7-14/h4-5,8H,2-3,6-7H2,1H3. The van der Waals surface area contributed by atoms with Gasteiger partial charge in [-0.25, -0.2) is 4.39 Å². The van der Waals surface area contributed by atoms with Gasteiger partial charge in [-0.05, 0) is 37.5 Å². The van der Waals surface area contributed by atoms with Crippen LogP contribution in [0, 0.1) is 12.7 Å². The Balaban J connectivity index is 2.21. The summed E-state index contributed by atoms with van der Waals surface area (Å²) in [6, 6.07) is 4.67. The molecule has 1 aliphatic rings. The Morgan fingerprint density at radius 3 is 2.60 bits per heavy atom. The van der Waals surface area contributed by atoms with E-state index in [4.69, 9.17) is 0 Å². The topological polar surface area (TPSA) is 20.3 Å². The van der Waals surface area contributed by atoms with Crippen molar-refractivity contribution in [3.05, 3.63) is 35.1 Å². The van der Waals surface area contributed by atoms with Crippen molar-refractivity contribution in [1.29, 1.82) is 0 Å².